The highest BCUT2D eigenvalue weighted by Crippen LogP contribution is 2.25. The topological polar surface area (TPSA) is 59.6 Å². The zero-order chi connectivity index (χ0) is 15.0. The van der Waals surface area contributed by atoms with Crippen LogP contribution in [-0.2, 0) is 9.53 Å². The number of ether oxygens (including phenoxy) is 2. The normalized spacial score (nSPS) is 11.8. The molecule has 0 aromatic heterocycles. The average molecular weight is 280 g/mol. The van der Waals surface area contributed by atoms with Gasteiger partial charge in [-0.3, -0.25) is 4.79 Å². The van der Waals surface area contributed by atoms with E-state index in [1.807, 2.05) is 32.0 Å². The highest BCUT2D eigenvalue weighted by molar-refractivity contribution is 5.84. The molecule has 0 aliphatic carbocycles. The summed E-state index contributed by atoms with van der Waals surface area (Å²) in [7, 11) is 3.27. The molecule has 0 saturated carbocycles. The van der Waals surface area contributed by atoms with Gasteiger partial charge in [0.15, 0.2) is 0 Å². The molecular formula is C15H24N2O3. The molecule has 112 valence electrons. The fraction of sp³-hybridized carbons (Fsp3) is 0.533. The van der Waals surface area contributed by atoms with E-state index in [9.17, 15) is 4.79 Å². The molecule has 5 nitrogen and oxygen atoms in total. The molecule has 1 unspecified atom stereocenters. The first-order chi connectivity index (χ1) is 9.58. The van der Waals surface area contributed by atoms with Crippen LogP contribution >= 0.6 is 0 Å². The van der Waals surface area contributed by atoms with Crippen molar-refractivity contribution in [2.24, 2.45) is 0 Å². The lowest BCUT2D eigenvalue weighted by Gasteiger charge is -2.17. The standard InChI is InChI=1S/C15H24N2O3/c1-11-6-7-14(20-4)13(10-11)17-12(2)15(18)16-8-5-9-19-3/h6-7,10,12,17H,5,8-9H2,1-4H3,(H,16,18). The summed E-state index contributed by atoms with van der Waals surface area (Å²) in [6.45, 7) is 5.09. The van der Waals surface area contributed by atoms with Crippen molar-refractivity contribution >= 4 is 11.6 Å². The van der Waals surface area contributed by atoms with E-state index >= 15 is 0 Å². The zero-order valence-corrected chi connectivity index (χ0v) is 12.7. The van der Waals surface area contributed by atoms with Gasteiger partial charge < -0.3 is 20.1 Å². The Morgan fingerprint density at radius 2 is 2.10 bits per heavy atom. The summed E-state index contributed by atoms with van der Waals surface area (Å²) < 4.78 is 10.2. The fourth-order valence-corrected chi connectivity index (χ4v) is 1.81. The Labute approximate surface area is 120 Å². The second-order valence-electron chi connectivity index (χ2n) is 4.71. The minimum atomic E-state index is -0.326. The highest BCUT2D eigenvalue weighted by atomic mass is 16.5. The molecule has 1 amide bonds. The molecule has 0 saturated heterocycles. The van der Waals surface area contributed by atoms with Gasteiger partial charge in [-0.2, -0.15) is 0 Å². The Morgan fingerprint density at radius 1 is 1.35 bits per heavy atom. The summed E-state index contributed by atoms with van der Waals surface area (Å²) in [5, 5.41) is 6.04. The molecule has 0 spiro atoms. The van der Waals surface area contributed by atoms with E-state index in [1.54, 1.807) is 14.2 Å². The maximum atomic E-state index is 11.9. The van der Waals surface area contributed by atoms with Gasteiger partial charge in [-0.15, -0.1) is 0 Å². The zero-order valence-electron chi connectivity index (χ0n) is 12.7. The predicted molar refractivity (Wildman–Crippen MR) is 80.3 cm³/mol. The van der Waals surface area contributed by atoms with Crippen LogP contribution in [0, 0.1) is 6.92 Å². The summed E-state index contributed by atoms with van der Waals surface area (Å²) in [5.74, 6) is 0.694. The second-order valence-corrected chi connectivity index (χ2v) is 4.71. The van der Waals surface area contributed by atoms with Gasteiger partial charge in [-0.05, 0) is 38.0 Å². The lowest BCUT2D eigenvalue weighted by Crippen LogP contribution is -2.38. The lowest BCUT2D eigenvalue weighted by atomic mass is 10.2. The SMILES string of the molecule is COCCCNC(=O)C(C)Nc1cc(C)ccc1OC. The molecule has 0 bridgehead atoms. The van der Waals surface area contributed by atoms with Crippen LogP contribution in [0.2, 0.25) is 0 Å². The molecule has 1 aromatic carbocycles. The summed E-state index contributed by atoms with van der Waals surface area (Å²) >= 11 is 0. The van der Waals surface area contributed by atoms with Crippen molar-refractivity contribution in [1.29, 1.82) is 0 Å². The largest absolute Gasteiger partial charge is 0.495 e. The predicted octanol–water partition coefficient (Wildman–Crippen LogP) is 1.96. The summed E-state index contributed by atoms with van der Waals surface area (Å²) in [5.41, 5.74) is 1.94. The van der Waals surface area contributed by atoms with Crippen LogP contribution in [0.3, 0.4) is 0 Å². The number of aryl methyl sites for hydroxylation is 1. The van der Waals surface area contributed by atoms with Crippen molar-refractivity contribution in [3.8, 4) is 5.75 Å². The number of benzene rings is 1. The Bertz CT molecular complexity index is 435. The number of hydrogen-bond donors (Lipinski definition) is 2. The van der Waals surface area contributed by atoms with Crippen LogP contribution < -0.4 is 15.4 Å². The number of nitrogens with one attached hydrogen (secondary N) is 2. The number of carbonyl (C=O) groups excluding carboxylic acids is 1. The smallest absolute Gasteiger partial charge is 0.242 e. The molecule has 0 aliphatic rings. The van der Waals surface area contributed by atoms with Crippen LogP contribution in [0.15, 0.2) is 18.2 Å². The van der Waals surface area contributed by atoms with Crippen molar-refractivity contribution in [3.05, 3.63) is 23.8 Å². The molecule has 0 radical (unpaired) electrons. The molecule has 5 heteroatoms. The quantitative estimate of drug-likeness (QED) is 0.715. The number of carbonyl (C=O) groups is 1. The van der Waals surface area contributed by atoms with Gasteiger partial charge in [0, 0.05) is 20.3 Å². The number of methoxy groups -OCH3 is 2. The van der Waals surface area contributed by atoms with E-state index in [4.69, 9.17) is 9.47 Å². The fourth-order valence-electron chi connectivity index (χ4n) is 1.81. The third-order valence-electron chi connectivity index (χ3n) is 2.94. The molecule has 0 aliphatic heterocycles. The van der Waals surface area contributed by atoms with Crippen molar-refractivity contribution in [3.63, 3.8) is 0 Å². The monoisotopic (exact) mass is 280 g/mol. The number of hydrogen-bond acceptors (Lipinski definition) is 4. The van der Waals surface area contributed by atoms with Gasteiger partial charge in [0.25, 0.3) is 0 Å². The van der Waals surface area contributed by atoms with E-state index < -0.39 is 0 Å². The third-order valence-corrected chi connectivity index (χ3v) is 2.94. The van der Waals surface area contributed by atoms with E-state index in [0.29, 0.717) is 13.2 Å². The highest BCUT2D eigenvalue weighted by Gasteiger charge is 2.14. The summed E-state index contributed by atoms with van der Waals surface area (Å²) in [6.07, 6.45) is 0.808. The second kappa shape index (κ2) is 8.43. The Kier molecular flexibility index (Phi) is 6.87. The van der Waals surface area contributed by atoms with Crippen LogP contribution in [0.1, 0.15) is 18.9 Å². The maximum Gasteiger partial charge on any atom is 0.242 e. The average Bonchev–Trinajstić information content (AvgIpc) is 2.43. The van der Waals surface area contributed by atoms with E-state index in [1.165, 1.54) is 0 Å². The van der Waals surface area contributed by atoms with Gasteiger partial charge in [0.2, 0.25) is 5.91 Å². The van der Waals surface area contributed by atoms with Crippen molar-refractivity contribution in [2.45, 2.75) is 26.3 Å². The first kappa shape index (κ1) is 16.3. The van der Waals surface area contributed by atoms with Gasteiger partial charge in [-0.1, -0.05) is 6.07 Å². The van der Waals surface area contributed by atoms with Crippen LogP contribution in [0.5, 0.6) is 5.75 Å². The van der Waals surface area contributed by atoms with Gasteiger partial charge in [0.05, 0.1) is 12.8 Å². The Hall–Kier alpha value is -1.75. The molecular weight excluding hydrogens is 256 g/mol. The van der Waals surface area contributed by atoms with Crippen LogP contribution in [0.25, 0.3) is 0 Å². The maximum absolute atomic E-state index is 11.9. The van der Waals surface area contributed by atoms with Crippen LogP contribution in [0.4, 0.5) is 5.69 Å². The molecule has 1 aromatic rings. The van der Waals surface area contributed by atoms with E-state index in [0.717, 1.165) is 23.4 Å². The summed E-state index contributed by atoms with van der Waals surface area (Å²) in [6, 6.07) is 5.50. The molecule has 1 atom stereocenters. The van der Waals surface area contributed by atoms with Crippen molar-refractivity contribution < 1.29 is 14.3 Å². The first-order valence-electron chi connectivity index (χ1n) is 6.76. The van der Waals surface area contributed by atoms with Crippen LogP contribution in [-0.4, -0.2) is 39.3 Å². The van der Waals surface area contributed by atoms with Gasteiger partial charge in [-0.25, -0.2) is 0 Å². The third kappa shape index (κ3) is 5.09. The molecule has 1 rings (SSSR count). The molecule has 20 heavy (non-hydrogen) atoms. The van der Waals surface area contributed by atoms with Gasteiger partial charge in [0.1, 0.15) is 11.8 Å². The van der Waals surface area contributed by atoms with Crippen molar-refractivity contribution in [2.75, 3.05) is 32.7 Å². The minimum Gasteiger partial charge on any atom is -0.495 e. The molecule has 0 heterocycles. The van der Waals surface area contributed by atoms with Crippen molar-refractivity contribution in [1.82, 2.24) is 5.32 Å². The number of amides is 1. The summed E-state index contributed by atoms with van der Waals surface area (Å²) in [4.78, 5) is 11.9. The Balaban J connectivity index is 2.54. The number of rotatable bonds is 8. The van der Waals surface area contributed by atoms with E-state index in [2.05, 4.69) is 10.6 Å². The minimum absolute atomic E-state index is 0.0373. The molecule has 0 fully saturated rings. The molecule has 2 N–H and O–H groups in total. The first-order valence-corrected chi connectivity index (χ1v) is 6.76. The lowest BCUT2D eigenvalue weighted by molar-refractivity contribution is -0.121. The van der Waals surface area contributed by atoms with E-state index in [-0.39, 0.29) is 11.9 Å². The Morgan fingerprint density at radius 3 is 2.75 bits per heavy atom. The van der Waals surface area contributed by atoms with Gasteiger partial charge >= 0.3 is 0 Å². The number of anilines is 1.